The lowest BCUT2D eigenvalue weighted by molar-refractivity contribution is 0.0935. The Morgan fingerprint density at radius 1 is 1.19 bits per heavy atom. The van der Waals surface area contributed by atoms with Gasteiger partial charge >= 0.3 is 0 Å². The lowest BCUT2D eigenvalue weighted by Crippen LogP contribution is -2.38. The Balaban J connectivity index is 1.70. The zero-order valence-corrected chi connectivity index (χ0v) is 12.5. The standard InChI is InChI=1S/C15H14N2O3S/c1-7-8(2)21-15-12(7)14(18)16-13(17-15)9-3-4-10-11(5-9)20-6-19-10/h3-5,13,17H,6H2,1-2H3,(H,16,18)/t13-/m0/s1. The summed E-state index contributed by atoms with van der Waals surface area (Å²) >= 11 is 1.62. The Bertz CT molecular complexity index is 754. The maximum absolute atomic E-state index is 12.3. The van der Waals surface area contributed by atoms with Gasteiger partial charge in [0.2, 0.25) is 6.79 Å². The van der Waals surface area contributed by atoms with Gasteiger partial charge in [-0.1, -0.05) is 6.07 Å². The molecule has 0 radical (unpaired) electrons. The molecular weight excluding hydrogens is 288 g/mol. The van der Waals surface area contributed by atoms with Crippen LogP contribution in [0.5, 0.6) is 11.5 Å². The molecule has 5 nitrogen and oxygen atoms in total. The largest absolute Gasteiger partial charge is 0.454 e. The summed E-state index contributed by atoms with van der Waals surface area (Å²) in [6, 6.07) is 5.70. The highest BCUT2D eigenvalue weighted by molar-refractivity contribution is 7.16. The summed E-state index contributed by atoms with van der Waals surface area (Å²) in [7, 11) is 0. The fraction of sp³-hybridized carbons (Fsp3) is 0.267. The van der Waals surface area contributed by atoms with Crippen LogP contribution < -0.4 is 20.1 Å². The Morgan fingerprint density at radius 2 is 2.00 bits per heavy atom. The molecule has 0 saturated heterocycles. The van der Waals surface area contributed by atoms with Gasteiger partial charge in [-0.25, -0.2) is 0 Å². The van der Waals surface area contributed by atoms with Crippen LogP contribution in [0.4, 0.5) is 5.00 Å². The van der Waals surface area contributed by atoms with Gasteiger partial charge in [-0.15, -0.1) is 11.3 Å². The van der Waals surface area contributed by atoms with Crippen LogP contribution in [-0.2, 0) is 0 Å². The van der Waals surface area contributed by atoms with Gasteiger partial charge in [0.15, 0.2) is 11.5 Å². The lowest BCUT2D eigenvalue weighted by atomic mass is 10.1. The number of amides is 1. The van der Waals surface area contributed by atoms with Gasteiger partial charge < -0.3 is 20.1 Å². The van der Waals surface area contributed by atoms with Crippen LogP contribution in [0.1, 0.15) is 32.5 Å². The van der Waals surface area contributed by atoms with E-state index in [0.29, 0.717) is 5.75 Å². The van der Waals surface area contributed by atoms with E-state index in [-0.39, 0.29) is 18.9 Å². The van der Waals surface area contributed by atoms with E-state index in [0.717, 1.165) is 32.3 Å². The monoisotopic (exact) mass is 302 g/mol. The van der Waals surface area contributed by atoms with Crippen molar-refractivity contribution in [2.45, 2.75) is 20.0 Å². The van der Waals surface area contributed by atoms with E-state index < -0.39 is 0 Å². The predicted molar refractivity (Wildman–Crippen MR) is 80.2 cm³/mol. The third kappa shape index (κ3) is 1.86. The summed E-state index contributed by atoms with van der Waals surface area (Å²) in [6.07, 6.45) is -0.253. The molecule has 2 aliphatic heterocycles. The predicted octanol–water partition coefficient (Wildman–Crippen LogP) is 2.95. The topological polar surface area (TPSA) is 59.6 Å². The fourth-order valence-electron chi connectivity index (χ4n) is 2.63. The normalized spacial score (nSPS) is 19.0. The molecule has 0 bridgehead atoms. The van der Waals surface area contributed by atoms with E-state index in [1.165, 1.54) is 0 Å². The molecule has 0 unspecified atom stereocenters. The smallest absolute Gasteiger partial charge is 0.256 e. The van der Waals surface area contributed by atoms with Crippen LogP contribution in [0.25, 0.3) is 0 Å². The third-order valence-electron chi connectivity index (χ3n) is 3.89. The molecule has 1 atom stereocenters. The first-order valence-electron chi connectivity index (χ1n) is 6.70. The van der Waals surface area contributed by atoms with Crippen LogP contribution in [0.15, 0.2) is 18.2 Å². The summed E-state index contributed by atoms with van der Waals surface area (Å²) in [5.41, 5.74) is 2.75. The molecule has 0 saturated carbocycles. The summed E-state index contributed by atoms with van der Waals surface area (Å²) in [4.78, 5) is 13.5. The van der Waals surface area contributed by atoms with E-state index in [1.54, 1.807) is 11.3 Å². The van der Waals surface area contributed by atoms with Crippen molar-refractivity contribution in [2.24, 2.45) is 0 Å². The van der Waals surface area contributed by atoms with Crippen LogP contribution in [0, 0.1) is 13.8 Å². The number of ether oxygens (including phenoxy) is 2. The molecule has 0 fully saturated rings. The average molecular weight is 302 g/mol. The highest BCUT2D eigenvalue weighted by atomic mass is 32.1. The summed E-state index contributed by atoms with van der Waals surface area (Å²) in [6.45, 7) is 4.26. The lowest BCUT2D eigenvalue weighted by Gasteiger charge is -2.26. The van der Waals surface area contributed by atoms with E-state index in [9.17, 15) is 4.79 Å². The van der Waals surface area contributed by atoms with Crippen molar-refractivity contribution in [1.29, 1.82) is 0 Å². The number of anilines is 1. The second-order valence-corrected chi connectivity index (χ2v) is 6.38. The maximum Gasteiger partial charge on any atom is 0.256 e. The van der Waals surface area contributed by atoms with E-state index in [1.807, 2.05) is 32.0 Å². The second kappa shape index (κ2) is 4.39. The minimum absolute atomic E-state index is 0.0340. The van der Waals surface area contributed by atoms with Crippen LogP contribution in [0.2, 0.25) is 0 Å². The van der Waals surface area contributed by atoms with Gasteiger partial charge in [0, 0.05) is 4.88 Å². The van der Waals surface area contributed by atoms with E-state index in [2.05, 4.69) is 10.6 Å². The molecule has 1 amide bonds. The van der Waals surface area contributed by atoms with Crippen LogP contribution in [0.3, 0.4) is 0 Å². The average Bonchev–Trinajstić information content (AvgIpc) is 3.03. The first-order valence-corrected chi connectivity index (χ1v) is 7.52. The van der Waals surface area contributed by atoms with Crippen molar-refractivity contribution in [1.82, 2.24) is 5.32 Å². The van der Waals surface area contributed by atoms with Crippen molar-refractivity contribution in [2.75, 3.05) is 12.1 Å². The summed E-state index contributed by atoms with van der Waals surface area (Å²) < 4.78 is 10.7. The summed E-state index contributed by atoms with van der Waals surface area (Å²) in [5, 5.41) is 7.31. The van der Waals surface area contributed by atoms with Crippen molar-refractivity contribution in [3.63, 3.8) is 0 Å². The number of aryl methyl sites for hydroxylation is 1. The van der Waals surface area contributed by atoms with E-state index >= 15 is 0 Å². The molecular formula is C15H14N2O3S. The number of thiophene rings is 1. The molecule has 1 aromatic heterocycles. The number of benzene rings is 1. The molecule has 2 aromatic rings. The first-order chi connectivity index (χ1) is 10.1. The Morgan fingerprint density at radius 3 is 2.86 bits per heavy atom. The third-order valence-corrected chi connectivity index (χ3v) is 5.03. The molecule has 1 aromatic carbocycles. The highest BCUT2D eigenvalue weighted by Crippen LogP contribution is 2.39. The Hall–Kier alpha value is -2.21. The van der Waals surface area contributed by atoms with Crippen LogP contribution in [-0.4, -0.2) is 12.7 Å². The molecule has 2 aliphatic rings. The second-order valence-electron chi connectivity index (χ2n) is 5.15. The Kier molecular flexibility index (Phi) is 2.62. The number of hydrogen-bond acceptors (Lipinski definition) is 5. The number of hydrogen-bond donors (Lipinski definition) is 2. The Labute approximate surface area is 125 Å². The number of nitrogens with one attached hydrogen (secondary N) is 2. The van der Waals surface area contributed by atoms with Gasteiger partial charge in [0.05, 0.1) is 5.56 Å². The zero-order chi connectivity index (χ0) is 14.6. The van der Waals surface area contributed by atoms with Crippen LogP contribution >= 0.6 is 11.3 Å². The minimum atomic E-state index is -0.253. The number of fused-ring (bicyclic) bond motifs is 2. The highest BCUT2D eigenvalue weighted by Gasteiger charge is 2.29. The summed E-state index contributed by atoms with van der Waals surface area (Å²) in [5.74, 6) is 1.42. The zero-order valence-electron chi connectivity index (χ0n) is 11.6. The van der Waals surface area contributed by atoms with Crippen molar-refractivity contribution in [3.05, 3.63) is 39.8 Å². The van der Waals surface area contributed by atoms with E-state index in [4.69, 9.17) is 9.47 Å². The van der Waals surface area contributed by atoms with Gasteiger partial charge in [0.1, 0.15) is 11.2 Å². The van der Waals surface area contributed by atoms with Crippen molar-refractivity contribution >= 4 is 22.2 Å². The van der Waals surface area contributed by atoms with Gasteiger partial charge in [-0.05, 0) is 37.1 Å². The molecule has 3 heterocycles. The molecule has 0 aliphatic carbocycles. The van der Waals surface area contributed by atoms with Gasteiger partial charge in [0.25, 0.3) is 5.91 Å². The number of carbonyl (C=O) groups is 1. The maximum atomic E-state index is 12.3. The van der Waals surface area contributed by atoms with Crippen molar-refractivity contribution in [3.8, 4) is 11.5 Å². The van der Waals surface area contributed by atoms with Crippen molar-refractivity contribution < 1.29 is 14.3 Å². The molecule has 6 heteroatoms. The molecule has 108 valence electrons. The molecule has 0 spiro atoms. The SMILES string of the molecule is Cc1sc2c(c1C)C(=O)N[C@H](c1ccc3c(c1)OCO3)N2. The van der Waals surface area contributed by atoms with Gasteiger partial charge in [-0.3, -0.25) is 4.79 Å². The minimum Gasteiger partial charge on any atom is -0.454 e. The van der Waals surface area contributed by atoms with Gasteiger partial charge in [-0.2, -0.15) is 0 Å². The number of carbonyl (C=O) groups excluding carboxylic acids is 1. The fourth-order valence-corrected chi connectivity index (χ4v) is 3.72. The molecule has 2 N–H and O–H groups in total. The number of rotatable bonds is 1. The quantitative estimate of drug-likeness (QED) is 0.850. The molecule has 4 rings (SSSR count). The molecule has 21 heavy (non-hydrogen) atoms. The first kappa shape index (κ1) is 12.5.